The molecule has 0 unspecified atom stereocenters. The van der Waals surface area contributed by atoms with Gasteiger partial charge in [-0.2, -0.15) is 4.72 Å². The molecule has 0 spiro atoms. The van der Waals surface area contributed by atoms with Crippen LogP contribution < -0.4 is 10.5 Å². The first-order valence-electron chi connectivity index (χ1n) is 5.97. The van der Waals surface area contributed by atoms with Crippen LogP contribution in [0.4, 0.5) is 0 Å². The zero-order valence-electron chi connectivity index (χ0n) is 11.1. The Balaban J connectivity index is 3.30. The highest BCUT2D eigenvalue weighted by molar-refractivity contribution is 7.89. The fraction of sp³-hybridized carbons (Fsp3) is 0.417. The third-order valence-electron chi connectivity index (χ3n) is 3.19. The molecule has 0 bridgehead atoms. The molecule has 8 heteroatoms. The van der Waals surface area contributed by atoms with Gasteiger partial charge >= 0.3 is 0 Å². The summed E-state index contributed by atoms with van der Waals surface area (Å²) in [6, 6.07) is 4.24. The zero-order chi connectivity index (χ0) is 15.6. The summed E-state index contributed by atoms with van der Waals surface area (Å²) in [5, 5.41) is 0.370. The van der Waals surface area contributed by atoms with Crippen LogP contribution in [0, 0.1) is 0 Å². The van der Waals surface area contributed by atoms with Crippen molar-refractivity contribution in [2.75, 3.05) is 0 Å². The summed E-state index contributed by atoms with van der Waals surface area (Å²) in [5.74, 6) is 0. The molecular formula is C12H16Cl2N2O2S2. The average molecular weight is 355 g/mol. The largest absolute Gasteiger partial charge is 0.392 e. The van der Waals surface area contributed by atoms with Crippen molar-refractivity contribution in [1.29, 1.82) is 0 Å². The second kappa shape index (κ2) is 6.58. The van der Waals surface area contributed by atoms with E-state index in [-0.39, 0.29) is 19.9 Å². The molecular weight excluding hydrogens is 339 g/mol. The summed E-state index contributed by atoms with van der Waals surface area (Å²) in [5.41, 5.74) is 4.72. The molecule has 0 aliphatic heterocycles. The SMILES string of the molecule is CCC(CC)(NS(=O)(=O)c1cc(Cl)ccc1Cl)C(N)=S. The van der Waals surface area contributed by atoms with Crippen molar-refractivity contribution in [3.63, 3.8) is 0 Å². The minimum absolute atomic E-state index is 0.0887. The lowest BCUT2D eigenvalue weighted by molar-refractivity contribution is 0.466. The monoisotopic (exact) mass is 354 g/mol. The van der Waals surface area contributed by atoms with Gasteiger partial charge in [0.25, 0.3) is 0 Å². The van der Waals surface area contributed by atoms with Gasteiger partial charge in [-0.3, -0.25) is 0 Å². The molecule has 0 saturated heterocycles. The number of hydrogen-bond donors (Lipinski definition) is 2. The lowest BCUT2D eigenvalue weighted by Gasteiger charge is -2.31. The van der Waals surface area contributed by atoms with E-state index in [1.54, 1.807) is 0 Å². The third-order valence-corrected chi connectivity index (χ3v) is 5.84. The van der Waals surface area contributed by atoms with Crippen molar-refractivity contribution in [3.8, 4) is 0 Å². The Hall–Kier alpha value is -0.400. The first-order valence-corrected chi connectivity index (χ1v) is 8.62. The van der Waals surface area contributed by atoms with E-state index in [0.29, 0.717) is 12.8 Å². The Bertz CT molecular complexity index is 614. The molecule has 0 radical (unpaired) electrons. The Labute approximate surface area is 134 Å². The molecule has 20 heavy (non-hydrogen) atoms. The van der Waals surface area contributed by atoms with E-state index in [0.717, 1.165) is 0 Å². The second-order valence-corrected chi connectivity index (χ2v) is 7.27. The van der Waals surface area contributed by atoms with Crippen LogP contribution in [0.1, 0.15) is 26.7 Å². The van der Waals surface area contributed by atoms with Crippen molar-refractivity contribution in [3.05, 3.63) is 28.2 Å². The molecule has 0 fully saturated rings. The van der Waals surface area contributed by atoms with Crippen LogP contribution in [0.3, 0.4) is 0 Å². The Morgan fingerprint density at radius 3 is 2.35 bits per heavy atom. The van der Waals surface area contributed by atoms with E-state index < -0.39 is 15.6 Å². The van der Waals surface area contributed by atoms with Gasteiger partial charge in [-0.25, -0.2) is 8.42 Å². The van der Waals surface area contributed by atoms with Crippen molar-refractivity contribution >= 4 is 50.4 Å². The van der Waals surface area contributed by atoms with Gasteiger partial charge in [0.15, 0.2) is 0 Å². The lowest BCUT2D eigenvalue weighted by atomic mass is 9.94. The topological polar surface area (TPSA) is 72.2 Å². The predicted octanol–water partition coefficient (Wildman–Crippen LogP) is 3.12. The van der Waals surface area contributed by atoms with Gasteiger partial charge < -0.3 is 5.73 Å². The highest BCUT2D eigenvalue weighted by atomic mass is 35.5. The first-order chi connectivity index (χ1) is 9.18. The standard InChI is InChI=1S/C12H16Cl2N2O2S2/c1-3-12(4-2,11(15)19)16-20(17,18)10-7-8(13)5-6-9(10)14/h5-7,16H,3-4H2,1-2H3,(H2,15,19). The minimum atomic E-state index is -3.87. The molecule has 0 amide bonds. The number of halogens is 2. The quantitative estimate of drug-likeness (QED) is 0.769. The van der Waals surface area contributed by atoms with Gasteiger partial charge in [-0.1, -0.05) is 49.3 Å². The van der Waals surface area contributed by atoms with E-state index in [1.807, 2.05) is 13.8 Å². The number of hydrogen-bond acceptors (Lipinski definition) is 3. The normalized spacial score (nSPS) is 12.4. The Kier molecular flexibility index (Phi) is 5.80. The number of thiocarbonyl (C=S) groups is 1. The number of nitrogens with one attached hydrogen (secondary N) is 1. The molecule has 0 aliphatic rings. The summed E-state index contributed by atoms with van der Waals surface area (Å²) in [4.78, 5) is 0.0124. The van der Waals surface area contributed by atoms with Crippen LogP contribution in [-0.2, 0) is 10.0 Å². The average Bonchev–Trinajstić information content (AvgIpc) is 2.38. The highest BCUT2D eigenvalue weighted by Gasteiger charge is 2.35. The fourth-order valence-electron chi connectivity index (χ4n) is 1.79. The van der Waals surface area contributed by atoms with Gasteiger partial charge in [-0.15, -0.1) is 0 Å². The van der Waals surface area contributed by atoms with Crippen molar-refractivity contribution in [1.82, 2.24) is 4.72 Å². The van der Waals surface area contributed by atoms with Crippen molar-refractivity contribution in [2.24, 2.45) is 5.73 Å². The molecule has 1 aromatic rings. The second-order valence-electron chi connectivity index (χ2n) is 4.33. The van der Waals surface area contributed by atoms with Gasteiger partial charge in [-0.05, 0) is 31.0 Å². The van der Waals surface area contributed by atoms with Crippen LogP contribution in [0.2, 0.25) is 10.0 Å². The maximum Gasteiger partial charge on any atom is 0.242 e. The number of rotatable bonds is 6. The molecule has 112 valence electrons. The summed E-state index contributed by atoms with van der Waals surface area (Å²) in [6.45, 7) is 3.62. The number of sulfonamides is 1. The van der Waals surface area contributed by atoms with E-state index in [9.17, 15) is 8.42 Å². The number of benzene rings is 1. The van der Waals surface area contributed by atoms with Gasteiger partial charge in [0.1, 0.15) is 4.90 Å². The van der Waals surface area contributed by atoms with Gasteiger partial charge in [0.2, 0.25) is 10.0 Å². The van der Waals surface area contributed by atoms with Crippen LogP contribution in [0.5, 0.6) is 0 Å². The van der Waals surface area contributed by atoms with Crippen LogP contribution in [0.25, 0.3) is 0 Å². The summed E-state index contributed by atoms with van der Waals surface area (Å²) >= 11 is 16.8. The zero-order valence-corrected chi connectivity index (χ0v) is 14.3. The van der Waals surface area contributed by atoms with E-state index in [1.165, 1.54) is 18.2 Å². The van der Waals surface area contributed by atoms with Crippen molar-refractivity contribution in [2.45, 2.75) is 37.1 Å². The summed E-state index contributed by atoms with van der Waals surface area (Å²) < 4.78 is 27.5. The van der Waals surface area contributed by atoms with Crippen LogP contribution in [-0.4, -0.2) is 18.9 Å². The molecule has 1 aromatic carbocycles. The maximum atomic E-state index is 12.5. The first kappa shape index (κ1) is 17.7. The van der Waals surface area contributed by atoms with Crippen LogP contribution in [0.15, 0.2) is 23.1 Å². The molecule has 0 saturated carbocycles. The molecule has 0 aromatic heterocycles. The van der Waals surface area contributed by atoms with Gasteiger partial charge in [0, 0.05) is 5.02 Å². The molecule has 0 atom stereocenters. The minimum Gasteiger partial charge on any atom is -0.392 e. The van der Waals surface area contributed by atoms with Gasteiger partial charge in [0.05, 0.1) is 15.6 Å². The van der Waals surface area contributed by atoms with E-state index in [4.69, 9.17) is 41.2 Å². The summed E-state index contributed by atoms with van der Waals surface area (Å²) in [7, 11) is -3.87. The Morgan fingerprint density at radius 1 is 1.35 bits per heavy atom. The third kappa shape index (κ3) is 3.62. The predicted molar refractivity (Wildman–Crippen MR) is 86.9 cm³/mol. The highest BCUT2D eigenvalue weighted by Crippen LogP contribution is 2.27. The fourth-order valence-corrected chi connectivity index (χ4v) is 4.48. The molecule has 1 rings (SSSR count). The smallest absolute Gasteiger partial charge is 0.242 e. The number of nitrogens with two attached hydrogens (primary N) is 1. The molecule has 3 N–H and O–H groups in total. The maximum absolute atomic E-state index is 12.5. The lowest BCUT2D eigenvalue weighted by Crippen LogP contribution is -2.55. The van der Waals surface area contributed by atoms with Crippen molar-refractivity contribution < 1.29 is 8.42 Å². The van der Waals surface area contributed by atoms with E-state index >= 15 is 0 Å². The molecule has 0 heterocycles. The summed E-state index contributed by atoms with van der Waals surface area (Å²) in [6.07, 6.45) is 0.881. The molecule has 0 aliphatic carbocycles. The Morgan fingerprint density at radius 2 is 1.90 bits per heavy atom. The van der Waals surface area contributed by atoms with Crippen LogP contribution >= 0.6 is 35.4 Å². The molecule has 4 nitrogen and oxygen atoms in total. The van der Waals surface area contributed by atoms with E-state index in [2.05, 4.69) is 4.72 Å².